The van der Waals surface area contributed by atoms with Gasteiger partial charge in [0.2, 0.25) is 88.6 Å². The summed E-state index contributed by atoms with van der Waals surface area (Å²) in [6.45, 7) is 17.7. The molecular weight excluding hydrogens is 1270 g/mol. The number of primary amides is 3. The van der Waals surface area contributed by atoms with Crippen LogP contribution in [0.1, 0.15) is 134 Å². The Morgan fingerprint density at radius 3 is 1.36 bits per heavy atom. The second kappa shape index (κ2) is 39.6. The third-order valence-corrected chi connectivity index (χ3v) is 15.6. The van der Waals surface area contributed by atoms with E-state index in [1.54, 1.807) is 71.9 Å². The fourth-order valence-corrected chi connectivity index (χ4v) is 9.97. The van der Waals surface area contributed by atoms with Crippen LogP contribution in [0.2, 0.25) is 0 Å². The lowest BCUT2D eigenvalue weighted by Gasteiger charge is -2.31. The van der Waals surface area contributed by atoms with Crippen molar-refractivity contribution < 1.29 is 92.0 Å². The molecule has 0 aromatic heterocycles. The number of carboxylic acid groups (broad SMARTS) is 1. The van der Waals surface area contributed by atoms with Gasteiger partial charge in [0, 0.05) is 19.4 Å². The van der Waals surface area contributed by atoms with Gasteiger partial charge < -0.3 is 102 Å². The highest BCUT2D eigenvalue weighted by Crippen LogP contribution is 2.20. The topological polar surface area (TPSA) is 573 Å². The van der Waals surface area contributed by atoms with E-state index in [9.17, 15) is 92.0 Å². The second-order valence-corrected chi connectivity index (χ2v) is 25.6. The van der Waals surface area contributed by atoms with E-state index in [0.29, 0.717) is 12.0 Å². The lowest BCUT2D eigenvalue weighted by atomic mass is 10.00. The summed E-state index contributed by atoms with van der Waals surface area (Å²) >= 11 is 0. The molecule has 0 spiro atoms. The fraction of sp³-hybridized carbons (Fsp3) is 0.645. The number of hydrogen-bond donors (Lipinski definition) is 18. The van der Waals surface area contributed by atoms with Crippen LogP contribution in [0.5, 0.6) is 0 Å². The zero-order valence-corrected chi connectivity index (χ0v) is 56.9. The summed E-state index contributed by atoms with van der Waals surface area (Å²) in [6.07, 6.45) is -5.55. The van der Waals surface area contributed by atoms with Crippen LogP contribution in [0.4, 0.5) is 0 Å². The van der Waals surface area contributed by atoms with E-state index >= 15 is 0 Å². The number of carboxylic acids is 1. The Hall–Kier alpha value is -9.38. The Balaban J connectivity index is 2.29. The SMILES string of the molecule is CC(C)C[C@H](NC(=O)[C@@H](N)C(C)C)C(=O)N[C@@H](CCC(N)=O)C(=O)N[C@@H](CC(N)=O)C(=O)N[C@@H](C)C(=O)N[C@H](C(=O)N[C@@H](CC(N)=O)C(=O)N[C@H](C(=O)N[C@@H](C)C(=O)N1CCC[C@H]1C(=O)N[C@@H](Cc1ccccc1)C(=O)N[C@H](C(=O)N[C@H](C(=O)O)[C@@H](C)O)C(C)C)C(C)C)[C@@H](C)O. The Bertz CT molecular complexity index is 2980. The van der Waals surface area contributed by atoms with E-state index in [-0.39, 0.29) is 37.6 Å². The Morgan fingerprint density at radius 2 is 0.887 bits per heavy atom. The number of nitrogens with zero attached hydrogens (tertiary/aromatic N) is 1. The molecule has 2 rings (SSSR count). The van der Waals surface area contributed by atoms with Crippen LogP contribution in [-0.2, 0) is 83.1 Å². The molecule has 1 aliphatic heterocycles. The van der Waals surface area contributed by atoms with E-state index in [2.05, 4.69) is 58.5 Å². The molecule has 1 aromatic rings. The molecule has 1 heterocycles. The number of rotatable bonds is 40. The van der Waals surface area contributed by atoms with Crippen molar-refractivity contribution in [1.29, 1.82) is 0 Å². The van der Waals surface area contributed by atoms with Crippen molar-refractivity contribution in [2.45, 2.75) is 225 Å². The summed E-state index contributed by atoms with van der Waals surface area (Å²) in [5, 5.41) is 56.6. The largest absolute Gasteiger partial charge is 0.480 e. The lowest BCUT2D eigenvalue weighted by molar-refractivity contribution is -0.145. The number of aliphatic hydroxyl groups excluding tert-OH is 2. The minimum absolute atomic E-state index is 0.0272. The molecule has 35 heteroatoms. The van der Waals surface area contributed by atoms with Crippen LogP contribution < -0.4 is 81.4 Å². The fourth-order valence-electron chi connectivity index (χ4n) is 9.97. The van der Waals surface area contributed by atoms with Crippen molar-refractivity contribution in [2.24, 2.45) is 46.6 Å². The molecule has 1 aliphatic rings. The molecule has 1 saturated heterocycles. The maximum absolute atomic E-state index is 14.2. The molecule has 0 saturated carbocycles. The maximum atomic E-state index is 14.2. The number of carbonyl (C=O) groups excluding carboxylic acids is 15. The second-order valence-electron chi connectivity index (χ2n) is 25.6. The van der Waals surface area contributed by atoms with Crippen LogP contribution >= 0.6 is 0 Å². The van der Waals surface area contributed by atoms with Gasteiger partial charge in [0.1, 0.15) is 66.5 Å². The number of hydrogen-bond acceptors (Lipinski definition) is 19. The molecular formula is C62H100N16O19. The Labute approximate surface area is 562 Å². The molecule has 0 radical (unpaired) electrons. The number of likely N-dealkylation sites (tertiary alicyclic amines) is 1. The molecule has 542 valence electrons. The first kappa shape index (κ1) is 83.7. The number of aliphatic hydroxyl groups is 2. The normalized spacial score (nSPS) is 17.2. The maximum Gasteiger partial charge on any atom is 0.328 e. The molecule has 15 atom stereocenters. The first-order valence-electron chi connectivity index (χ1n) is 32.0. The van der Waals surface area contributed by atoms with Crippen LogP contribution in [0.3, 0.4) is 0 Å². The first-order chi connectivity index (χ1) is 45.1. The summed E-state index contributed by atoms with van der Waals surface area (Å²) < 4.78 is 0. The smallest absolute Gasteiger partial charge is 0.328 e. The average Bonchev–Trinajstić information content (AvgIpc) is 1.77. The highest BCUT2D eigenvalue weighted by Gasteiger charge is 2.42. The van der Waals surface area contributed by atoms with Gasteiger partial charge in [0.05, 0.1) is 31.1 Å². The van der Waals surface area contributed by atoms with Crippen LogP contribution in [-0.4, -0.2) is 212 Å². The van der Waals surface area contributed by atoms with Gasteiger partial charge in [-0.15, -0.1) is 0 Å². The Kier molecular flexibility index (Phi) is 34.2. The number of aliphatic carboxylic acids is 1. The quantitative estimate of drug-likeness (QED) is 0.0291. The highest BCUT2D eigenvalue weighted by molar-refractivity contribution is 6.01. The average molecular weight is 1370 g/mol. The molecule has 1 fully saturated rings. The van der Waals surface area contributed by atoms with Crippen molar-refractivity contribution in [3.63, 3.8) is 0 Å². The van der Waals surface area contributed by atoms with E-state index in [4.69, 9.17) is 22.9 Å². The predicted molar refractivity (Wildman–Crippen MR) is 346 cm³/mol. The lowest BCUT2D eigenvalue weighted by Crippen LogP contribution is -2.62. The first-order valence-corrected chi connectivity index (χ1v) is 32.0. The number of benzene rings is 1. The van der Waals surface area contributed by atoms with Gasteiger partial charge in [-0.05, 0) is 82.6 Å². The third kappa shape index (κ3) is 27.7. The van der Waals surface area contributed by atoms with Crippen molar-refractivity contribution in [3.05, 3.63) is 35.9 Å². The molecule has 22 N–H and O–H groups in total. The summed E-state index contributed by atoms with van der Waals surface area (Å²) in [6, 6.07) is -11.2. The number of nitrogens with two attached hydrogens (primary N) is 4. The van der Waals surface area contributed by atoms with E-state index in [0.717, 1.165) is 20.8 Å². The van der Waals surface area contributed by atoms with Crippen LogP contribution in [0, 0.1) is 23.7 Å². The number of nitrogens with one attached hydrogen (secondary N) is 11. The Morgan fingerprint density at radius 1 is 0.464 bits per heavy atom. The summed E-state index contributed by atoms with van der Waals surface area (Å²) in [4.78, 5) is 215. The molecule has 0 aliphatic carbocycles. The predicted octanol–water partition coefficient (Wildman–Crippen LogP) is -6.20. The standard InChI is InChI=1S/C62H100N16O19/c1-27(2)23-37(72-57(91)45(66)28(3)4)53(87)69-36(20-21-42(63)81)51(85)70-39(25-43(64)82)52(86)67-31(9)50(84)76-48(33(11)79)60(94)73-40(26-44(65)83)55(89)74-46(29(5)6)58(92)68-32(10)61(95)78-22-16-19-41(78)56(90)71-38(24-35-17-14-13-15-18-35)54(88)75-47(30(7)8)59(93)77-49(34(12)80)62(96)97/h13-15,17-18,27-34,36-41,45-49,79-80H,16,19-26,66H2,1-12H3,(H2,63,81)(H2,64,82)(H2,65,83)(H,67,86)(H,68,92)(H,69,87)(H,70,85)(H,71,90)(H,72,91)(H,73,94)(H,74,89)(H,75,88)(H,76,84)(H,77,93)(H,96,97)/t31-,32-,33+,34+,36-,37-,38-,39-,40-,41-,45-,46-,47-,48-,49-/m0/s1. The minimum atomic E-state index is -1.96. The molecule has 0 unspecified atom stereocenters. The van der Waals surface area contributed by atoms with Gasteiger partial charge >= 0.3 is 5.97 Å². The van der Waals surface area contributed by atoms with Crippen LogP contribution in [0.15, 0.2) is 30.3 Å². The van der Waals surface area contributed by atoms with Gasteiger partial charge in [-0.1, -0.05) is 85.7 Å². The highest BCUT2D eigenvalue weighted by atomic mass is 16.4. The summed E-state index contributed by atoms with van der Waals surface area (Å²) in [5.74, 6) is -18.3. The summed E-state index contributed by atoms with van der Waals surface area (Å²) in [5.41, 5.74) is 22.8. The van der Waals surface area contributed by atoms with Gasteiger partial charge in [0.15, 0.2) is 6.04 Å². The number of carbonyl (C=O) groups is 16. The van der Waals surface area contributed by atoms with Crippen molar-refractivity contribution in [1.82, 2.24) is 63.4 Å². The van der Waals surface area contributed by atoms with Crippen molar-refractivity contribution in [2.75, 3.05) is 6.54 Å². The van der Waals surface area contributed by atoms with E-state index in [1.807, 2.05) is 0 Å². The molecule has 1 aromatic carbocycles. The monoisotopic (exact) mass is 1370 g/mol. The summed E-state index contributed by atoms with van der Waals surface area (Å²) in [7, 11) is 0. The number of amides is 15. The zero-order valence-electron chi connectivity index (χ0n) is 56.9. The van der Waals surface area contributed by atoms with Gasteiger partial charge in [-0.25, -0.2) is 4.79 Å². The van der Waals surface area contributed by atoms with Crippen LogP contribution in [0.25, 0.3) is 0 Å². The molecule has 97 heavy (non-hydrogen) atoms. The minimum Gasteiger partial charge on any atom is -0.480 e. The molecule has 0 bridgehead atoms. The van der Waals surface area contributed by atoms with Crippen molar-refractivity contribution in [3.8, 4) is 0 Å². The van der Waals surface area contributed by atoms with Gasteiger partial charge in [-0.3, -0.25) is 71.9 Å². The van der Waals surface area contributed by atoms with Gasteiger partial charge in [0.25, 0.3) is 0 Å². The van der Waals surface area contributed by atoms with Gasteiger partial charge in [-0.2, -0.15) is 0 Å². The van der Waals surface area contributed by atoms with Crippen molar-refractivity contribution >= 4 is 94.6 Å². The van der Waals surface area contributed by atoms with E-state index in [1.165, 1.54) is 25.7 Å². The van der Waals surface area contributed by atoms with E-state index < -0.39 is 223 Å². The zero-order chi connectivity index (χ0) is 74.0. The molecule has 15 amide bonds. The third-order valence-electron chi connectivity index (χ3n) is 15.6. The molecule has 35 nitrogen and oxygen atoms in total.